The number of ether oxygens (including phenoxy) is 1. The third-order valence-corrected chi connectivity index (χ3v) is 9.28. The van der Waals surface area contributed by atoms with Crippen molar-refractivity contribution in [1.82, 2.24) is 0 Å². The lowest BCUT2D eigenvalue weighted by atomic mass is 9.82. The summed E-state index contributed by atoms with van der Waals surface area (Å²) in [7, 11) is 0. The maximum Gasteiger partial charge on any atom is 0.141 e. The van der Waals surface area contributed by atoms with Crippen LogP contribution in [0.4, 0.5) is 5.69 Å². The van der Waals surface area contributed by atoms with Crippen molar-refractivity contribution in [3.05, 3.63) is 131 Å². The van der Waals surface area contributed by atoms with Gasteiger partial charge in [0.05, 0.1) is 6.21 Å². The molecule has 3 N–H and O–H groups in total. The van der Waals surface area contributed by atoms with Gasteiger partial charge in [-0.1, -0.05) is 67.3 Å². The van der Waals surface area contributed by atoms with E-state index in [2.05, 4.69) is 84.3 Å². The summed E-state index contributed by atoms with van der Waals surface area (Å²) >= 11 is 0. The monoisotopic (exact) mass is 567 g/mol. The fourth-order valence-corrected chi connectivity index (χ4v) is 7.25. The van der Waals surface area contributed by atoms with Crippen molar-refractivity contribution in [1.29, 1.82) is 5.41 Å². The first-order valence-electron chi connectivity index (χ1n) is 15.2. The van der Waals surface area contributed by atoms with Gasteiger partial charge in [-0.05, 0) is 85.8 Å². The Hall–Kier alpha value is -4.77. The quantitative estimate of drug-likeness (QED) is 0.218. The summed E-state index contributed by atoms with van der Waals surface area (Å²) in [5.74, 6) is 1.82. The second-order valence-corrected chi connectivity index (χ2v) is 11.7. The van der Waals surface area contributed by atoms with Crippen LogP contribution in [0.3, 0.4) is 0 Å². The number of hydrogen-bond donors (Lipinski definition) is 2. The van der Waals surface area contributed by atoms with Crippen molar-refractivity contribution in [2.24, 2.45) is 11.7 Å². The predicted molar refractivity (Wildman–Crippen MR) is 177 cm³/mol. The van der Waals surface area contributed by atoms with E-state index >= 15 is 0 Å². The molecule has 3 aromatic carbocycles. The maximum absolute atomic E-state index is 7.91. The molecule has 0 saturated heterocycles. The average Bonchev–Trinajstić information content (AvgIpc) is 3.57. The Bertz CT molecular complexity index is 1870. The Balaban J connectivity index is 1.40. The van der Waals surface area contributed by atoms with Gasteiger partial charge in [0, 0.05) is 45.4 Å². The first-order chi connectivity index (χ1) is 21.1. The fourth-order valence-electron chi connectivity index (χ4n) is 7.25. The van der Waals surface area contributed by atoms with Crippen LogP contribution in [-0.2, 0) is 4.74 Å². The molecule has 3 aliphatic rings. The minimum Gasteiger partial charge on any atom is -0.488 e. The van der Waals surface area contributed by atoms with Gasteiger partial charge in [0.25, 0.3) is 0 Å². The molecule has 0 amide bonds. The molecule has 43 heavy (non-hydrogen) atoms. The molecule has 3 unspecified atom stereocenters. The smallest absolute Gasteiger partial charge is 0.141 e. The molecule has 0 radical (unpaired) electrons. The molecular formula is C38H37N3O2. The molecule has 7 rings (SSSR count). The van der Waals surface area contributed by atoms with Gasteiger partial charge in [-0.3, -0.25) is 0 Å². The molecule has 5 nitrogen and oxygen atoms in total. The summed E-state index contributed by atoms with van der Waals surface area (Å²) in [6.07, 6.45) is 16.6. The van der Waals surface area contributed by atoms with Crippen molar-refractivity contribution >= 4 is 39.7 Å². The first kappa shape index (κ1) is 27.1. The Morgan fingerprint density at radius 1 is 1.05 bits per heavy atom. The standard InChI is InChI=1S/C38H37N3O2/c1-3-30-33-21-28(15-17-37(33)43-38(30)23-40)41(29-14-16-36-34(22-29)31(18-19-39)24(2)42-36)35-11-7-6-10-32(35)27-13-12-25-8-4-5-9-26(25)20-27/h3-5,8-9,11-14,16,18-23,32-33,37,40H,1,6-7,10,15,17,39H2,2H3/b19-18-,40-23?. The second kappa shape index (κ2) is 11.1. The summed E-state index contributed by atoms with van der Waals surface area (Å²) in [5.41, 5.74) is 13.7. The second-order valence-electron chi connectivity index (χ2n) is 11.7. The summed E-state index contributed by atoms with van der Waals surface area (Å²) in [6, 6.07) is 22.1. The van der Waals surface area contributed by atoms with Crippen molar-refractivity contribution in [2.75, 3.05) is 4.90 Å². The first-order valence-corrected chi connectivity index (χ1v) is 15.2. The largest absolute Gasteiger partial charge is 0.488 e. The summed E-state index contributed by atoms with van der Waals surface area (Å²) in [5, 5.41) is 11.5. The van der Waals surface area contributed by atoms with Gasteiger partial charge in [0.15, 0.2) is 0 Å². The zero-order chi connectivity index (χ0) is 29.5. The van der Waals surface area contributed by atoms with Crippen LogP contribution in [0.2, 0.25) is 0 Å². The molecule has 2 aliphatic carbocycles. The highest BCUT2D eigenvalue weighted by atomic mass is 16.5. The van der Waals surface area contributed by atoms with Crippen LogP contribution in [0.1, 0.15) is 54.9 Å². The van der Waals surface area contributed by atoms with Crippen molar-refractivity contribution < 1.29 is 9.15 Å². The number of nitrogens with one attached hydrogen (secondary N) is 1. The Kier molecular flexibility index (Phi) is 7.02. The molecule has 1 aliphatic heterocycles. The van der Waals surface area contributed by atoms with Crippen LogP contribution in [0.5, 0.6) is 0 Å². The number of nitrogens with zero attached hydrogens (tertiary/aromatic N) is 1. The van der Waals surface area contributed by atoms with E-state index in [1.807, 2.05) is 19.1 Å². The molecule has 0 spiro atoms. The Labute approximate surface area is 252 Å². The van der Waals surface area contributed by atoms with Crippen molar-refractivity contribution in [3.8, 4) is 0 Å². The van der Waals surface area contributed by atoms with E-state index < -0.39 is 0 Å². The molecule has 0 fully saturated rings. The van der Waals surface area contributed by atoms with E-state index in [0.717, 1.165) is 65.7 Å². The van der Waals surface area contributed by atoms with E-state index in [4.69, 9.17) is 20.3 Å². The number of rotatable bonds is 7. The van der Waals surface area contributed by atoms with E-state index in [0.29, 0.717) is 5.76 Å². The van der Waals surface area contributed by atoms with Gasteiger partial charge in [-0.15, -0.1) is 0 Å². The zero-order valence-electron chi connectivity index (χ0n) is 24.6. The van der Waals surface area contributed by atoms with Gasteiger partial charge in [-0.2, -0.15) is 0 Å². The van der Waals surface area contributed by atoms with Gasteiger partial charge < -0.3 is 25.2 Å². The summed E-state index contributed by atoms with van der Waals surface area (Å²) in [4.78, 5) is 2.50. The number of anilines is 1. The molecule has 216 valence electrons. The number of furan rings is 1. The minimum atomic E-state index is 0.0344. The number of benzene rings is 3. The normalized spacial score (nSPS) is 21.9. The van der Waals surface area contributed by atoms with E-state index in [1.54, 1.807) is 6.20 Å². The molecular weight excluding hydrogens is 530 g/mol. The predicted octanol–water partition coefficient (Wildman–Crippen LogP) is 9.26. The van der Waals surface area contributed by atoms with Crippen molar-refractivity contribution in [2.45, 2.75) is 51.0 Å². The summed E-state index contributed by atoms with van der Waals surface area (Å²) < 4.78 is 12.3. The molecule has 0 bridgehead atoms. The zero-order valence-corrected chi connectivity index (χ0v) is 24.6. The SMILES string of the molecule is C=CC1=C(C=N)OC2CCC(N(C3=CCCCC3c3ccc4ccccc4c3)c3ccc4oc(C)c(/C=C\N)c4c3)=CC12. The van der Waals surface area contributed by atoms with Crippen LogP contribution in [0.25, 0.3) is 27.8 Å². The minimum absolute atomic E-state index is 0.0344. The number of nitrogens with two attached hydrogens (primary N) is 1. The lowest BCUT2D eigenvalue weighted by Gasteiger charge is -2.39. The van der Waals surface area contributed by atoms with Crippen molar-refractivity contribution in [3.63, 3.8) is 0 Å². The van der Waals surface area contributed by atoms with Crippen LogP contribution >= 0.6 is 0 Å². The van der Waals surface area contributed by atoms with Crippen LogP contribution in [-0.4, -0.2) is 12.3 Å². The highest BCUT2D eigenvalue weighted by Gasteiger charge is 2.38. The fraction of sp³-hybridized carbons (Fsp3) is 0.237. The van der Waals surface area contributed by atoms with E-state index in [9.17, 15) is 0 Å². The number of hydrogen-bond acceptors (Lipinski definition) is 5. The Morgan fingerprint density at radius 3 is 2.72 bits per heavy atom. The third kappa shape index (κ3) is 4.69. The number of allylic oxidation sites excluding steroid dienone is 5. The van der Waals surface area contributed by atoms with Crippen LogP contribution in [0.15, 0.2) is 119 Å². The van der Waals surface area contributed by atoms with Gasteiger partial charge in [0.1, 0.15) is 23.2 Å². The molecule has 3 atom stereocenters. The lowest BCUT2D eigenvalue weighted by molar-refractivity contribution is 0.123. The lowest BCUT2D eigenvalue weighted by Crippen LogP contribution is -2.32. The highest BCUT2D eigenvalue weighted by Crippen LogP contribution is 2.46. The number of fused-ring (bicyclic) bond motifs is 3. The van der Waals surface area contributed by atoms with E-state index in [-0.39, 0.29) is 17.9 Å². The van der Waals surface area contributed by atoms with Gasteiger partial charge >= 0.3 is 0 Å². The molecule has 0 saturated carbocycles. The molecule has 2 heterocycles. The van der Waals surface area contributed by atoms with Crippen LogP contribution in [0, 0.1) is 18.3 Å². The molecule has 5 heteroatoms. The highest BCUT2D eigenvalue weighted by molar-refractivity contribution is 5.92. The molecule has 1 aromatic heterocycles. The van der Waals surface area contributed by atoms with Crippen LogP contribution < -0.4 is 10.6 Å². The topological polar surface area (TPSA) is 75.5 Å². The molecule has 4 aromatic rings. The van der Waals surface area contributed by atoms with E-state index in [1.165, 1.54) is 33.9 Å². The Morgan fingerprint density at radius 2 is 1.91 bits per heavy atom. The third-order valence-electron chi connectivity index (χ3n) is 9.28. The maximum atomic E-state index is 7.91. The summed E-state index contributed by atoms with van der Waals surface area (Å²) in [6.45, 7) is 6.05. The van der Waals surface area contributed by atoms with Gasteiger partial charge in [-0.25, -0.2) is 0 Å². The number of aryl methyl sites for hydroxylation is 1. The average molecular weight is 568 g/mol. The van der Waals surface area contributed by atoms with Gasteiger partial charge in [0.2, 0.25) is 0 Å².